The number of carbonyl (C=O) groups excluding carboxylic acids is 1. The molecule has 1 aliphatic rings. The van der Waals surface area contributed by atoms with E-state index in [0.29, 0.717) is 18.3 Å². The van der Waals surface area contributed by atoms with E-state index in [-0.39, 0.29) is 0 Å². The van der Waals surface area contributed by atoms with Gasteiger partial charge in [-0.1, -0.05) is 18.2 Å². The van der Waals surface area contributed by atoms with Crippen molar-refractivity contribution in [1.29, 1.82) is 0 Å². The van der Waals surface area contributed by atoms with Gasteiger partial charge in [0.05, 0.1) is 17.8 Å². The lowest BCUT2D eigenvalue weighted by atomic mass is 9.91. The third-order valence-electron chi connectivity index (χ3n) is 4.09. The molecule has 1 saturated carbocycles. The molecule has 1 aromatic carbocycles. The van der Waals surface area contributed by atoms with Crippen molar-refractivity contribution in [2.24, 2.45) is 0 Å². The molecule has 3 rings (SSSR count). The highest BCUT2D eigenvalue weighted by atomic mass is 16.5. The highest BCUT2D eigenvalue weighted by Gasteiger charge is 2.28. The Morgan fingerprint density at radius 3 is 2.76 bits per heavy atom. The van der Waals surface area contributed by atoms with Gasteiger partial charge in [-0.05, 0) is 32.3 Å². The maximum atomic E-state index is 12.2. The number of benzene rings is 1. The van der Waals surface area contributed by atoms with E-state index in [1.165, 1.54) is 6.42 Å². The molecule has 1 aliphatic carbocycles. The second kappa shape index (κ2) is 5.68. The molecule has 0 radical (unpaired) electrons. The fraction of sp³-hybridized carbons (Fsp3) is 0.438. The van der Waals surface area contributed by atoms with Crippen LogP contribution in [-0.4, -0.2) is 35.9 Å². The van der Waals surface area contributed by atoms with E-state index in [1.54, 1.807) is 6.92 Å². The van der Waals surface area contributed by atoms with Gasteiger partial charge in [0.1, 0.15) is 0 Å². The first-order valence-electron chi connectivity index (χ1n) is 7.37. The Morgan fingerprint density at radius 2 is 2.10 bits per heavy atom. The number of ether oxygens (including phenoxy) is 1. The van der Waals surface area contributed by atoms with Crippen LogP contribution in [0.5, 0.6) is 0 Å². The molecule has 21 heavy (non-hydrogen) atoms. The van der Waals surface area contributed by atoms with Crippen LogP contribution in [-0.2, 0) is 4.74 Å². The minimum atomic E-state index is -0.406. The molecule has 1 aromatic heterocycles. The first kappa shape index (κ1) is 13.8. The fourth-order valence-electron chi connectivity index (χ4n) is 2.69. The molecule has 2 aromatic rings. The Balaban J connectivity index is 2.14. The Bertz CT molecular complexity index is 668. The molecule has 0 spiro atoms. The Labute approximate surface area is 123 Å². The SMILES string of the molecule is CCOC(=O)c1nnc2ccccc2c1N(C)C1CCC1. The lowest BCUT2D eigenvalue weighted by Crippen LogP contribution is -2.38. The average Bonchev–Trinajstić information content (AvgIpc) is 2.44. The van der Waals surface area contributed by atoms with Crippen LogP contribution in [0, 0.1) is 0 Å². The van der Waals surface area contributed by atoms with Gasteiger partial charge in [0.15, 0.2) is 5.69 Å². The van der Waals surface area contributed by atoms with Gasteiger partial charge in [-0.25, -0.2) is 4.79 Å². The van der Waals surface area contributed by atoms with E-state index in [2.05, 4.69) is 15.1 Å². The van der Waals surface area contributed by atoms with Crippen LogP contribution >= 0.6 is 0 Å². The number of nitrogens with zero attached hydrogens (tertiary/aromatic N) is 3. The fourth-order valence-corrected chi connectivity index (χ4v) is 2.69. The van der Waals surface area contributed by atoms with Crippen molar-refractivity contribution >= 4 is 22.6 Å². The molecular formula is C16H19N3O2. The summed E-state index contributed by atoms with van der Waals surface area (Å²) >= 11 is 0. The molecule has 0 unspecified atom stereocenters. The maximum absolute atomic E-state index is 12.2. The summed E-state index contributed by atoms with van der Waals surface area (Å²) < 4.78 is 5.13. The first-order chi connectivity index (χ1) is 10.2. The molecule has 5 nitrogen and oxygen atoms in total. The van der Waals surface area contributed by atoms with Gasteiger partial charge >= 0.3 is 5.97 Å². The number of aromatic nitrogens is 2. The molecule has 110 valence electrons. The summed E-state index contributed by atoms with van der Waals surface area (Å²) in [5.41, 5.74) is 1.94. The van der Waals surface area contributed by atoms with Crippen LogP contribution in [0.3, 0.4) is 0 Å². The van der Waals surface area contributed by atoms with Crippen molar-refractivity contribution < 1.29 is 9.53 Å². The number of hydrogen-bond acceptors (Lipinski definition) is 5. The number of esters is 1. The third-order valence-corrected chi connectivity index (χ3v) is 4.09. The van der Waals surface area contributed by atoms with Gasteiger partial charge in [0.25, 0.3) is 0 Å². The van der Waals surface area contributed by atoms with Crippen LogP contribution in [0.2, 0.25) is 0 Å². The molecular weight excluding hydrogens is 266 g/mol. The zero-order valence-corrected chi connectivity index (χ0v) is 12.4. The van der Waals surface area contributed by atoms with Crippen molar-refractivity contribution in [2.45, 2.75) is 32.2 Å². The minimum absolute atomic E-state index is 0.310. The quantitative estimate of drug-likeness (QED) is 0.808. The van der Waals surface area contributed by atoms with E-state index >= 15 is 0 Å². The summed E-state index contributed by atoms with van der Waals surface area (Å²) in [6.45, 7) is 2.13. The van der Waals surface area contributed by atoms with Gasteiger partial charge < -0.3 is 9.64 Å². The van der Waals surface area contributed by atoms with Gasteiger partial charge in [0, 0.05) is 18.5 Å². The Kier molecular flexibility index (Phi) is 3.73. The van der Waals surface area contributed by atoms with E-state index in [4.69, 9.17) is 4.74 Å². The van der Waals surface area contributed by atoms with Crippen molar-refractivity contribution in [3.63, 3.8) is 0 Å². The molecule has 0 saturated heterocycles. The number of rotatable bonds is 4. The van der Waals surface area contributed by atoms with E-state index in [9.17, 15) is 4.79 Å². The van der Waals surface area contributed by atoms with Gasteiger partial charge in [-0.2, -0.15) is 0 Å². The first-order valence-corrected chi connectivity index (χ1v) is 7.37. The van der Waals surface area contributed by atoms with E-state index in [0.717, 1.165) is 29.4 Å². The highest BCUT2D eigenvalue weighted by Crippen LogP contribution is 2.34. The van der Waals surface area contributed by atoms with Crippen LogP contribution in [0.4, 0.5) is 5.69 Å². The van der Waals surface area contributed by atoms with E-state index < -0.39 is 5.97 Å². The van der Waals surface area contributed by atoms with Crippen molar-refractivity contribution in [3.05, 3.63) is 30.0 Å². The summed E-state index contributed by atoms with van der Waals surface area (Å²) in [4.78, 5) is 14.4. The zero-order valence-electron chi connectivity index (χ0n) is 12.4. The van der Waals surface area contributed by atoms with Gasteiger partial charge in [-0.15, -0.1) is 10.2 Å². The minimum Gasteiger partial charge on any atom is -0.461 e. The zero-order chi connectivity index (χ0) is 14.8. The lowest BCUT2D eigenvalue weighted by Gasteiger charge is -2.37. The van der Waals surface area contributed by atoms with Crippen LogP contribution in [0.1, 0.15) is 36.7 Å². The lowest BCUT2D eigenvalue weighted by molar-refractivity contribution is 0.0519. The van der Waals surface area contributed by atoms with E-state index in [1.807, 2.05) is 31.3 Å². The summed E-state index contributed by atoms with van der Waals surface area (Å²) in [7, 11) is 2.02. The standard InChI is InChI=1S/C16H19N3O2/c1-3-21-16(20)14-15(19(2)11-7-6-8-11)12-9-4-5-10-13(12)17-18-14/h4-5,9-11H,3,6-8H2,1-2H3. The topological polar surface area (TPSA) is 55.3 Å². The normalized spacial score (nSPS) is 14.8. The van der Waals surface area contributed by atoms with Crippen LogP contribution < -0.4 is 4.90 Å². The Morgan fingerprint density at radius 1 is 1.33 bits per heavy atom. The smallest absolute Gasteiger partial charge is 0.361 e. The maximum Gasteiger partial charge on any atom is 0.361 e. The third kappa shape index (κ3) is 2.44. The second-order valence-electron chi connectivity index (χ2n) is 5.33. The van der Waals surface area contributed by atoms with Gasteiger partial charge in [-0.3, -0.25) is 0 Å². The van der Waals surface area contributed by atoms with Crippen molar-refractivity contribution in [1.82, 2.24) is 10.2 Å². The summed E-state index contributed by atoms with van der Waals surface area (Å²) in [5.74, 6) is -0.406. The monoisotopic (exact) mass is 285 g/mol. The predicted octanol–water partition coefficient (Wildman–Crippen LogP) is 2.80. The Hall–Kier alpha value is -2.17. The number of anilines is 1. The number of fused-ring (bicyclic) bond motifs is 1. The van der Waals surface area contributed by atoms with Gasteiger partial charge in [0.2, 0.25) is 0 Å². The number of hydrogen-bond donors (Lipinski definition) is 0. The molecule has 0 aliphatic heterocycles. The van der Waals surface area contributed by atoms with Crippen LogP contribution in [0.25, 0.3) is 10.9 Å². The van der Waals surface area contributed by atoms with Crippen LogP contribution in [0.15, 0.2) is 24.3 Å². The predicted molar refractivity (Wildman–Crippen MR) is 81.5 cm³/mol. The molecule has 0 N–H and O–H groups in total. The number of carbonyl (C=O) groups is 1. The molecule has 0 amide bonds. The average molecular weight is 285 g/mol. The van der Waals surface area contributed by atoms with Crippen molar-refractivity contribution in [3.8, 4) is 0 Å². The molecule has 1 heterocycles. The highest BCUT2D eigenvalue weighted by molar-refractivity contribution is 6.03. The van der Waals surface area contributed by atoms with Crippen molar-refractivity contribution in [2.75, 3.05) is 18.6 Å². The summed E-state index contributed by atoms with van der Waals surface area (Å²) in [6, 6.07) is 8.24. The molecule has 0 atom stereocenters. The summed E-state index contributed by atoms with van der Waals surface area (Å²) in [6.07, 6.45) is 3.53. The molecule has 1 fully saturated rings. The largest absolute Gasteiger partial charge is 0.461 e. The molecule has 0 bridgehead atoms. The summed E-state index contributed by atoms with van der Waals surface area (Å²) in [5, 5.41) is 9.22. The molecule has 5 heteroatoms. The second-order valence-corrected chi connectivity index (χ2v) is 5.33.